The van der Waals surface area contributed by atoms with Gasteiger partial charge in [-0.15, -0.1) is 4.97 Å². The van der Waals surface area contributed by atoms with Gasteiger partial charge in [0.2, 0.25) is 0 Å². The lowest BCUT2D eigenvalue weighted by Gasteiger charge is -2.26. The van der Waals surface area contributed by atoms with Crippen LogP contribution in [-0.2, 0) is 23.9 Å². The number of hydrogen-bond donors (Lipinski definition) is 1. The van der Waals surface area contributed by atoms with Gasteiger partial charge in [-0.2, -0.15) is 12.7 Å². The molecule has 1 saturated heterocycles. The number of carbonyl (C=O) groups excluding carboxylic acids is 1. The van der Waals surface area contributed by atoms with Crippen LogP contribution >= 0.6 is 0 Å². The van der Waals surface area contributed by atoms with Gasteiger partial charge in [-0.25, -0.2) is 0 Å². The molecule has 34 heavy (non-hydrogen) atoms. The molecule has 2 atom stereocenters. The van der Waals surface area contributed by atoms with Gasteiger partial charge in [0.1, 0.15) is 6.04 Å². The Balaban J connectivity index is 1.56. The predicted octanol–water partition coefficient (Wildman–Crippen LogP) is 3.52. The second kappa shape index (κ2) is 8.75. The molecular formula is C25H23BN2O5S. The van der Waals surface area contributed by atoms with Crippen molar-refractivity contribution in [2.75, 3.05) is 0 Å². The van der Waals surface area contributed by atoms with E-state index in [-0.39, 0.29) is 4.90 Å². The first kappa shape index (κ1) is 22.4. The third-order valence-corrected chi connectivity index (χ3v) is 7.36. The van der Waals surface area contributed by atoms with E-state index < -0.39 is 35.1 Å². The minimum Gasteiger partial charge on any atom is -0.513 e. The van der Waals surface area contributed by atoms with E-state index in [4.69, 9.17) is 8.94 Å². The number of H-pyrrole nitrogens is 1. The fourth-order valence-electron chi connectivity index (χ4n) is 4.33. The average molecular weight is 474 g/mol. The van der Waals surface area contributed by atoms with Crippen LogP contribution in [0.2, 0.25) is 0 Å². The molecule has 0 amide bonds. The van der Waals surface area contributed by atoms with E-state index in [9.17, 15) is 13.2 Å². The van der Waals surface area contributed by atoms with Gasteiger partial charge in [-0.05, 0) is 36.1 Å². The Morgan fingerprint density at radius 2 is 1.68 bits per heavy atom. The zero-order valence-electron chi connectivity index (χ0n) is 18.7. The maximum absolute atomic E-state index is 13.2. The van der Waals surface area contributed by atoms with Crippen LogP contribution in [0.25, 0.3) is 10.9 Å². The van der Waals surface area contributed by atoms with Gasteiger partial charge < -0.3 is 9.64 Å². The lowest BCUT2D eigenvalue weighted by Crippen LogP contribution is -2.50. The molecule has 4 aromatic rings. The second-order valence-corrected chi connectivity index (χ2v) is 9.95. The molecule has 0 unspecified atom stereocenters. The Kier molecular flexibility index (Phi) is 5.77. The van der Waals surface area contributed by atoms with Crippen molar-refractivity contribution >= 4 is 39.5 Å². The number of para-hydroxylation sites is 1. The van der Waals surface area contributed by atoms with Crippen molar-refractivity contribution < 1.29 is 22.2 Å². The summed E-state index contributed by atoms with van der Waals surface area (Å²) in [6.07, 6.45) is 1.84. The quantitative estimate of drug-likeness (QED) is 0.431. The van der Waals surface area contributed by atoms with E-state index in [0.717, 1.165) is 22.0 Å². The van der Waals surface area contributed by atoms with E-state index in [1.807, 2.05) is 50.4 Å². The van der Waals surface area contributed by atoms with E-state index in [2.05, 4.69) is 4.98 Å². The number of hydrogen-bond acceptors (Lipinski definition) is 6. The zero-order valence-corrected chi connectivity index (χ0v) is 19.5. The topological polar surface area (TPSA) is 88.7 Å². The van der Waals surface area contributed by atoms with Gasteiger partial charge >= 0.3 is 23.1 Å². The van der Waals surface area contributed by atoms with Crippen molar-refractivity contribution in [3.05, 3.63) is 96.2 Å². The van der Waals surface area contributed by atoms with Crippen LogP contribution in [0.3, 0.4) is 0 Å². The van der Waals surface area contributed by atoms with Crippen LogP contribution < -0.4 is 5.46 Å². The second-order valence-electron chi connectivity index (χ2n) is 8.42. The fourth-order valence-corrected chi connectivity index (χ4v) is 5.28. The van der Waals surface area contributed by atoms with Gasteiger partial charge in [-0.1, -0.05) is 73.2 Å². The fraction of sp³-hybridized carbons (Fsp3) is 0.160. The number of nitrogens with zero attached hydrogens (tertiary/aromatic N) is 1. The van der Waals surface area contributed by atoms with Gasteiger partial charge in [0.25, 0.3) is 0 Å². The third-order valence-electron chi connectivity index (χ3n) is 6.14. The van der Waals surface area contributed by atoms with Crippen molar-refractivity contribution in [1.29, 1.82) is 0 Å². The third kappa shape index (κ3) is 4.02. The highest BCUT2D eigenvalue weighted by molar-refractivity contribution is 7.86. The molecule has 0 radical (unpaired) electrons. The number of aryl methyl sites for hydroxylation is 1. The molecule has 1 N–H and O–H groups in total. The smallest absolute Gasteiger partial charge is 0.513 e. The maximum Gasteiger partial charge on any atom is 0.514 e. The van der Waals surface area contributed by atoms with Crippen molar-refractivity contribution in [2.24, 2.45) is 0 Å². The number of aromatic amines is 1. The standard InChI is InChI=1S/C25H23BN2O5S/c1-17-12-14-20(15-13-17)34(30,31)33-28-24(25(29)32-26(28)19-8-4-3-5-9-19)18(2)22-16-27-23-11-7-6-10-21(22)23/h3-16,18,24,27H,1-2H3/t18-,24-/m0/s1. The monoisotopic (exact) mass is 474 g/mol. The molecule has 1 aliphatic heterocycles. The number of rotatable bonds is 6. The molecule has 0 saturated carbocycles. The summed E-state index contributed by atoms with van der Waals surface area (Å²) in [6.45, 7) is 3.73. The van der Waals surface area contributed by atoms with Crippen molar-refractivity contribution in [1.82, 2.24) is 9.96 Å². The molecule has 2 heterocycles. The maximum atomic E-state index is 13.2. The number of benzene rings is 3. The summed E-state index contributed by atoms with van der Waals surface area (Å²) in [5.74, 6) is -0.976. The average Bonchev–Trinajstić information content (AvgIpc) is 3.40. The molecule has 172 valence electrons. The van der Waals surface area contributed by atoms with Crippen LogP contribution in [0.1, 0.15) is 24.0 Å². The Hall–Kier alpha value is -3.40. The summed E-state index contributed by atoms with van der Waals surface area (Å²) in [4.78, 5) is 17.6. The minimum absolute atomic E-state index is 0.00255. The lowest BCUT2D eigenvalue weighted by molar-refractivity contribution is -0.138. The van der Waals surface area contributed by atoms with Gasteiger partial charge in [0.15, 0.2) is 0 Å². The van der Waals surface area contributed by atoms with E-state index >= 15 is 0 Å². The van der Waals surface area contributed by atoms with Gasteiger partial charge in [-0.3, -0.25) is 4.79 Å². The molecule has 9 heteroatoms. The normalized spacial score (nSPS) is 17.8. The Bertz CT molecular complexity index is 1440. The van der Waals surface area contributed by atoms with Crippen LogP contribution in [0.15, 0.2) is 90.0 Å². The number of nitrogens with one attached hydrogen (secondary N) is 1. The predicted molar refractivity (Wildman–Crippen MR) is 130 cm³/mol. The molecule has 5 rings (SSSR count). The first-order valence-electron chi connectivity index (χ1n) is 11.0. The Morgan fingerprint density at radius 1 is 1.00 bits per heavy atom. The summed E-state index contributed by atoms with van der Waals surface area (Å²) in [5, 5.41) is 0.951. The molecule has 7 nitrogen and oxygen atoms in total. The summed E-state index contributed by atoms with van der Waals surface area (Å²) in [5.41, 5.74) is 3.33. The molecule has 1 aliphatic rings. The van der Waals surface area contributed by atoms with Crippen LogP contribution in [-0.4, -0.2) is 37.4 Å². The number of carbonyl (C=O) groups is 1. The number of aromatic nitrogens is 1. The van der Waals surface area contributed by atoms with Crippen molar-refractivity contribution in [3.8, 4) is 0 Å². The Labute approximate surface area is 198 Å². The van der Waals surface area contributed by atoms with E-state index in [1.54, 1.807) is 36.4 Å². The molecule has 0 spiro atoms. The summed E-state index contributed by atoms with van der Waals surface area (Å²) in [6, 6.07) is 22.1. The van der Waals surface area contributed by atoms with Crippen LogP contribution in [0.5, 0.6) is 0 Å². The van der Waals surface area contributed by atoms with E-state index in [1.165, 1.54) is 17.1 Å². The first-order chi connectivity index (χ1) is 16.3. The molecule has 0 aliphatic carbocycles. The number of hydroxylamine groups is 1. The highest BCUT2D eigenvalue weighted by atomic mass is 32.2. The van der Waals surface area contributed by atoms with Crippen LogP contribution in [0, 0.1) is 6.92 Å². The molecule has 0 bridgehead atoms. The molecule has 1 aromatic heterocycles. The highest BCUT2D eigenvalue weighted by Crippen LogP contribution is 2.35. The van der Waals surface area contributed by atoms with Crippen LogP contribution in [0.4, 0.5) is 0 Å². The first-order valence-corrected chi connectivity index (χ1v) is 12.4. The molecular weight excluding hydrogens is 451 g/mol. The summed E-state index contributed by atoms with van der Waals surface area (Å²) >= 11 is 0. The highest BCUT2D eigenvalue weighted by Gasteiger charge is 2.53. The summed E-state index contributed by atoms with van der Waals surface area (Å²) < 4.78 is 37.8. The van der Waals surface area contributed by atoms with Crippen molar-refractivity contribution in [3.63, 3.8) is 0 Å². The number of fused-ring (bicyclic) bond motifs is 1. The lowest BCUT2D eigenvalue weighted by atomic mass is 9.73. The van der Waals surface area contributed by atoms with Gasteiger partial charge in [0, 0.05) is 23.0 Å². The minimum atomic E-state index is -4.22. The van der Waals surface area contributed by atoms with E-state index in [0.29, 0.717) is 5.46 Å². The van der Waals surface area contributed by atoms with Crippen molar-refractivity contribution in [2.45, 2.75) is 30.7 Å². The summed E-state index contributed by atoms with van der Waals surface area (Å²) in [7, 11) is -5.22. The van der Waals surface area contributed by atoms with Gasteiger partial charge in [0.05, 0.1) is 4.90 Å². The molecule has 1 fully saturated rings. The Morgan fingerprint density at radius 3 is 2.41 bits per heavy atom. The SMILES string of the molecule is Cc1ccc(S(=O)(=O)ON2B(c3ccccc3)OC(=O)[C@@H]2[C@@H](C)c2c[nH]c3ccccc23)cc1. The largest absolute Gasteiger partial charge is 0.514 e. The molecule has 3 aromatic carbocycles. The zero-order chi connectivity index (χ0) is 23.9.